The average Bonchev–Trinajstić information content (AvgIpc) is 2.89. The minimum atomic E-state index is -0.0794. The number of aryl methyl sites for hydroxylation is 1. The summed E-state index contributed by atoms with van der Waals surface area (Å²) in [4.78, 5) is 19.9. The Morgan fingerprint density at radius 1 is 1.06 bits per heavy atom. The number of ether oxygens (including phenoxy) is 2. The van der Waals surface area contributed by atoms with Crippen LogP contribution in [-0.2, 0) is 11.3 Å². The topological polar surface area (TPSA) is 63.7 Å². The molecule has 1 fully saturated rings. The van der Waals surface area contributed by atoms with Gasteiger partial charge in [0.15, 0.2) is 5.75 Å². The maximum absolute atomic E-state index is 13.2. The second-order valence-electron chi connectivity index (χ2n) is 9.09. The van der Waals surface area contributed by atoms with Crippen molar-refractivity contribution in [3.63, 3.8) is 0 Å². The number of benzene rings is 2. The summed E-state index contributed by atoms with van der Waals surface area (Å²) in [7, 11) is 0. The Morgan fingerprint density at radius 2 is 1.88 bits per heavy atom. The van der Waals surface area contributed by atoms with Crippen molar-refractivity contribution >= 4 is 17.4 Å². The smallest absolute Gasteiger partial charge is 0.255 e. The molecule has 1 saturated carbocycles. The number of hydrogen-bond acceptors (Lipinski definition) is 5. The standard InChI is InChI=1S/C28H31N3O3/c1-20-10-15-26(29-18-20)31-16-17-33-27-24(8-5-9-25(27)31)28(32)30-22-11-13-23(14-12-22)34-19-21-6-3-2-4-7-21/h2-10,15,18,22-23H,11-14,16-17,19H2,1H3,(H,30,32). The van der Waals surface area contributed by atoms with Gasteiger partial charge in [0, 0.05) is 12.2 Å². The molecule has 2 aromatic carbocycles. The van der Waals surface area contributed by atoms with Gasteiger partial charge in [0.25, 0.3) is 5.91 Å². The second-order valence-corrected chi connectivity index (χ2v) is 9.09. The molecule has 0 atom stereocenters. The zero-order valence-corrected chi connectivity index (χ0v) is 19.6. The van der Waals surface area contributed by atoms with Crippen molar-refractivity contribution in [3.05, 3.63) is 83.6 Å². The summed E-state index contributed by atoms with van der Waals surface area (Å²) in [6.45, 7) is 3.87. The number of fused-ring (bicyclic) bond motifs is 1. The Labute approximate surface area is 200 Å². The summed E-state index contributed by atoms with van der Waals surface area (Å²) in [6, 6.07) is 20.2. The van der Waals surface area contributed by atoms with Gasteiger partial charge in [-0.1, -0.05) is 42.5 Å². The molecule has 1 aliphatic carbocycles. The Bertz CT molecular complexity index is 1110. The molecule has 0 radical (unpaired) electrons. The Kier molecular flexibility index (Phi) is 6.77. The highest BCUT2D eigenvalue weighted by molar-refractivity contribution is 5.99. The highest BCUT2D eigenvalue weighted by atomic mass is 16.5. The van der Waals surface area contributed by atoms with E-state index in [-0.39, 0.29) is 18.1 Å². The van der Waals surface area contributed by atoms with E-state index in [0.29, 0.717) is 31.1 Å². The number of pyridine rings is 1. The van der Waals surface area contributed by atoms with Gasteiger partial charge in [0.1, 0.15) is 12.4 Å². The maximum Gasteiger partial charge on any atom is 0.255 e. The quantitative estimate of drug-likeness (QED) is 0.553. The number of rotatable bonds is 6. The molecule has 1 aliphatic heterocycles. The number of anilines is 2. The number of para-hydroxylation sites is 1. The Hall–Kier alpha value is -3.38. The predicted molar refractivity (Wildman–Crippen MR) is 133 cm³/mol. The molecule has 6 nitrogen and oxygen atoms in total. The number of hydrogen-bond donors (Lipinski definition) is 1. The molecule has 3 aromatic rings. The van der Waals surface area contributed by atoms with Gasteiger partial charge >= 0.3 is 0 Å². The first kappa shape index (κ1) is 22.4. The molecule has 176 valence electrons. The van der Waals surface area contributed by atoms with Crippen LogP contribution in [-0.4, -0.2) is 36.2 Å². The van der Waals surface area contributed by atoms with Crippen LogP contribution in [0.3, 0.4) is 0 Å². The van der Waals surface area contributed by atoms with Gasteiger partial charge in [0.05, 0.1) is 30.5 Å². The fraction of sp³-hybridized carbons (Fsp3) is 0.357. The molecule has 0 spiro atoms. The first-order valence-corrected chi connectivity index (χ1v) is 12.1. The minimum Gasteiger partial charge on any atom is -0.489 e. The zero-order valence-electron chi connectivity index (χ0n) is 19.6. The van der Waals surface area contributed by atoms with E-state index in [0.717, 1.165) is 42.8 Å². The Balaban J connectivity index is 1.20. The predicted octanol–water partition coefficient (Wildman–Crippen LogP) is 5.18. The number of amides is 1. The minimum absolute atomic E-state index is 0.0794. The first-order chi connectivity index (χ1) is 16.7. The summed E-state index contributed by atoms with van der Waals surface area (Å²) in [5, 5.41) is 3.23. The lowest BCUT2D eigenvalue weighted by Crippen LogP contribution is -2.39. The van der Waals surface area contributed by atoms with Gasteiger partial charge in [-0.25, -0.2) is 4.98 Å². The van der Waals surface area contributed by atoms with E-state index in [4.69, 9.17) is 9.47 Å². The van der Waals surface area contributed by atoms with Crippen LogP contribution in [0.2, 0.25) is 0 Å². The van der Waals surface area contributed by atoms with E-state index < -0.39 is 0 Å². The van der Waals surface area contributed by atoms with E-state index >= 15 is 0 Å². The van der Waals surface area contributed by atoms with Crippen LogP contribution in [0.1, 0.15) is 47.2 Å². The maximum atomic E-state index is 13.2. The van der Waals surface area contributed by atoms with Gasteiger partial charge in [-0.15, -0.1) is 0 Å². The molecular formula is C28H31N3O3. The van der Waals surface area contributed by atoms with Gasteiger partial charge in [-0.3, -0.25) is 4.79 Å². The molecule has 0 unspecified atom stereocenters. The van der Waals surface area contributed by atoms with Gasteiger partial charge in [-0.2, -0.15) is 0 Å². The molecule has 0 saturated heterocycles. The van der Waals surface area contributed by atoms with Crippen LogP contribution < -0.4 is 15.0 Å². The highest BCUT2D eigenvalue weighted by Crippen LogP contribution is 2.38. The third-order valence-corrected chi connectivity index (χ3v) is 6.60. The van der Waals surface area contributed by atoms with Crippen LogP contribution in [0, 0.1) is 6.92 Å². The molecule has 0 bridgehead atoms. The van der Waals surface area contributed by atoms with Gasteiger partial charge < -0.3 is 19.7 Å². The number of aromatic nitrogens is 1. The van der Waals surface area contributed by atoms with Gasteiger partial charge in [-0.05, 0) is 61.9 Å². The largest absolute Gasteiger partial charge is 0.489 e. The Morgan fingerprint density at radius 3 is 2.65 bits per heavy atom. The molecule has 2 heterocycles. The monoisotopic (exact) mass is 457 g/mol. The first-order valence-electron chi connectivity index (χ1n) is 12.1. The zero-order chi connectivity index (χ0) is 23.3. The summed E-state index contributed by atoms with van der Waals surface area (Å²) in [5.74, 6) is 1.42. The van der Waals surface area contributed by atoms with Crippen molar-refractivity contribution in [2.45, 2.75) is 51.4 Å². The van der Waals surface area contributed by atoms with Crippen LogP contribution in [0.4, 0.5) is 11.5 Å². The molecule has 1 amide bonds. The summed E-state index contributed by atoms with van der Waals surface area (Å²) >= 11 is 0. The van der Waals surface area contributed by atoms with E-state index in [1.54, 1.807) is 0 Å². The van der Waals surface area contributed by atoms with Crippen molar-refractivity contribution in [1.82, 2.24) is 10.3 Å². The fourth-order valence-corrected chi connectivity index (χ4v) is 4.71. The lowest BCUT2D eigenvalue weighted by molar-refractivity contribution is 0.0113. The number of carbonyl (C=O) groups is 1. The average molecular weight is 458 g/mol. The van der Waals surface area contributed by atoms with Crippen molar-refractivity contribution in [1.29, 1.82) is 0 Å². The third kappa shape index (κ3) is 5.07. The van der Waals surface area contributed by atoms with Crippen molar-refractivity contribution in [2.75, 3.05) is 18.1 Å². The summed E-state index contributed by atoms with van der Waals surface area (Å²) in [6.07, 6.45) is 5.85. The van der Waals surface area contributed by atoms with E-state index in [9.17, 15) is 4.79 Å². The SMILES string of the molecule is Cc1ccc(N2CCOc3c(C(=O)NC4CCC(OCc5ccccc5)CC4)cccc32)nc1. The second kappa shape index (κ2) is 10.3. The number of nitrogens with zero attached hydrogens (tertiary/aromatic N) is 2. The molecule has 6 heteroatoms. The fourth-order valence-electron chi connectivity index (χ4n) is 4.71. The normalized spacial score (nSPS) is 19.7. The van der Waals surface area contributed by atoms with Crippen molar-refractivity contribution in [2.24, 2.45) is 0 Å². The van der Waals surface area contributed by atoms with E-state index in [2.05, 4.69) is 27.3 Å². The molecular weight excluding hydrogens is 426 g/mol. The van der Waals surface area contributed by atoms with Crippen molar-refractivity contribution in [3.8, 4) is 5.75 Å². The number of carbonyl (C=O) groups excluding carboxylic acids is 1. The van der Waals surface area contributed by atoms with Crippen LogP contribution in [0.25, 0.3) is 0 Å². The van der Waals surface area contributed by atoms with E-state index in [1.807, 2.05) is 61.7 Å². The molecule has 1 aromatic heterocycles. The van der Waals surface area contributed by atoms with Crippen LogP contribution in [0.15, 0.2) is 66.9 Å². The van der Waals surface area contributed by atoms with Crippen LogP contribution in [0.5, 0.6) is 5.75 Å². The summed E-state index contributed by atoms with van der Waals surface area (Å²) in [5.41, 5.74) is 3.78. The third-order valence-electron chi connectivity index (χ3n) is 6.60. The van der Waals surface area contributed by atoms with Crippen LogP contribution >= 0.6 is 0 Å². The van der Waals surface area contributed by atoms with E-state index in [1.165, 1.54) is 5.56 Å². The van der Waals surface area contributed by atoms with Crippen molar-refractivity contribution < 1.29 is 14.3 Å². The lowest BCUT2D eigenvalue weighted by atomic mass is 9.92. The summed E-state index contributed by atoms with van der Waals surface area (Å²) < 4.78 is 12.1. The van der Waals surface area contributed by atoms with Gasteiger partial charge in [0.2, 0.25) is 0 Å². The molecule has 34 heavy (non-hydrogen) atoms. The molecule has 5 rings (SSSR count). The number of nitrogens with one attached hydrogen (secondary N) is 1. The molecule has 2 aliphatic rings. The molecule has 1 N–H and O–H groups in total. The highest BCUT2D eigenvalue weighted by Gasteiger charge is 2.28. The lowest BCUT2D eigenvalue weighted by Gasteiger charge is -2.32.